The van der Waals surface area contributed by atoms with E-state index in [2.05, 4.69) is 22.5 Å². The van der Waals surface area contributed by atoms with Crippen molar-refractivity contribution < 1.29 is 0 Å². The number of nitrogens with one attached hydrogen (secondary N) is 1. The van der Waals surface area contributed by atoms with Crippen LogP contribution in [0.15, 0.2) is 12.3 Å². The van der Waals surface area contributed by atoms with Crippen molar-refractivity contribution in [2.45, 2.75) is 18.9 Å². The van der Waals surface area contributed by atoms with E-state index in [-0.39, 0.29) is 0 Å². The molecule has 1 unspecified atom stereocenters. The zero-order valence-electron chi connectivity index (χ0n) is 6.21. The van der Waals surface area contributed by atoms with Gasteiger partial charge in [-0.25, -0.2) is 0 Å². The lowest BCUT2D eigenvalue weighted by Crippen LogP contribution is -2.34. The van der Waals surface area contributed by atoms with E-state index in [0.717, 1.165) is 6.54 Å². The van der Waals surface area contributed by atoms with Gasteiger partial charge < -0.3 is 5.32 Å². The lowest BCUT2D eigenvalue weighted by Gasteiger charge is -2.20. The van der Waals surface area contributed by atoms with Crippen molar-refractivity contribution in [2.24, 2.45) is 0 Å². The standard InChI is InChI=1S/C8H14N2/c1-2-6-10(5-1)8-3-4-9-7-8/h3-4,8-9H,1-2,5-7H2. The molecule has 1 atom stereocenters. The Balaban J connectivity index is 1.91. The summed E-state index contributed by atoms with van der Waals surface area (Å²) in [4.78, 5) is 2.55. The molecule has 1 N–H and O–H groups in total. The predicted molar refractivity (Wildman–Crippen MR) is 41.7 cm³/mol. The maximum atomic E-state index is 3.23. The third-order valence-electron chi connectivity index (χ3n) is 2.37. The largest absolute Gasteiger partial charge is 0.389 e. The topological polar surface area (TPSA) is 15.3 Å². The Bertz CT molecular complexity index is 136. The van der Waals surface area contributed by atoms with E-state index in [1.54, 1.807) is 0 Å². The summed E-state index contributed by atoms with van der Waals surface area (Å²) in [6.07, 6.45) is 7.13. The quantitative estimate of drug-likeness (QED) is 0.570. The van der Waals surface area contributed by atoms with Gasteiger partial charge in [-0.05, 0) is 38.2 Å². The van der Waals surface area contributed by atoms with Gasteiger partial charge in [0.1, 0.15) is 0 Å². The van der Waals surface area contributed by atoms with Gasteiger partial charge in [-0.2, -0.15) is 0 Å². The van der Waals surface area contributed by atoms with Crippen molar-refractivity contribution >= 4 is 0 Å². The van der Waals surface area contributed by atoms with Crippen LogP contribution in [0.1, 0.15) is 12.8 Å². The summed E-state index contributed by atoms with van der Waals surface area (Å²) in [5, 5.41) is 3.23. The normalized spacial score (nSPS) is 33.0. The van der Waals surface area contributed by atoms with Crippen LogP contribution in [0, 0.1) is 0 Å². The monoisotopic (exact) mass is 138 g/mol. The molecule has 0 radical (unpaired) electrons. The minimum absolute atomic E-state index is 0.697. The summed E-state index contributed by atoms with van der Waals surface area (Å²) in [6, 6.07) is 0.697. The molecule has 2 heteroatoms. The number of nitrogens with zero attached hydrogens (tertiary/aromatic N) is 1. The first-order valence-corrected chi connectivity index (χ1v) is 4.11. The maximum absolute atomic E-state index is 3.23. The summed E-state index contributed by atoms with van der Waals surface area (Å²) in [6.45, 7) is 3.73. The molecule has 56 valence electrons. The van der Waals surface area contributed by atoms with Crippen LogP contribution >= 0.6 is 0 Å². The van der Waals surface area contributed by atoms with E-state index in [4.69, 9.17) is 0 Å². The van der Waals surface area contributed by atoms with Crippen molar-refractivity contribution in [1.29, 1.82) is 0 Å². The minimum atomic E-state index is 0.697. The number of rotatable bonds is 1. The van der Waals surface area contributed by atoms with Crippen molar-refractivity contribution in [1.82, 2.24) is 10.2 Å². The minimum Gasteiger partial charge on any atom is -0.389 e. The van der Waals surface area contributed by atoms with Crippen LogP contribution in [0.4, 0.5) is 0 Å². The molecule has 0 bridgehead atoms. The van der Waals surface area contributed by atoms with E-state index in [1.807, 2.05) is 0 Å². The summed E-state index contributed by atoms with van der Waals surface area (Å²) in [5.41, 5.74) is 0. The Morgan fingerprint density at radius 1 is 1.30 bits per heavy atom. The van der Waals surface area contributed by atoms with Crippen molar-refractivity contribution in [3.63, 3.8) is 0 Å². The van der Waals surface area contributed by atoms with Crippen LogP contribution in [-0.2, 0) is 0 Å². The fourth-order valence-corrected chi connectivity index (χ4v) is 1.76. The van der Waals surface area contributed by atoms with Gasteiger partial charge in [-0.15, -0.1) is 0 Å². The molecule has 2 nitrogen and oxygen atoms in total. The first kappa shape index (κ1) is 6.23. The molecule has 1 fully saturated rings. The Morgan fingerprint density at radius 3 is 2.70 bits per heavy atom. The van der Waals surface area contributed by atoms with Gasteiger partial charge in [0.25, 0.3) is 0 Å². The molecule has 2 heterocycles. The van der Waals surface area contributed by atoms with Crippen LogP contribution in [0.2, 0.25) is 0 Å². The maximum Gasteiger partial charge on any atom is 0.0467 e. The highest BCUT2D eigenvalue weighted by molar-refractivity contribution is 5.02. The highest BCUT2D eigenvalue weighted by atomic mass is 15.2. The van der Waals surface area contributed by atoms with Crippen molar-refractivity contribution in [2.75, 3.05) is 19.6 Å². The predicted octanol–water partition coefficient (Wildman–Crippen LogP) is 0.568. The third kappa shape index (κ3) is 1.03. The van der Waals surface area contributed by atoms with E-state index in [1.165, 1.54) is 25.9 Å². The first-order valence-electron chi connectivity index (χ1n) is 4.11. The average Bonchev–Trinajstić information content (AvgIpc) is 2.59. The molecule has 1 saturated heterocycles. The Kier molecular flexibility index (Phi) is 1.63. The van der Waals surface area contributed by atoms with Gasteiger partial charge in [0.05, 0.1) is 0 Å². The zero-order chi connectivity index (χ0) is 6.81. The van der Waals surface area contributed by atoms with Gasteiger partial charge in [0.15, 0.2) is 0 Å². The van der Waals surface area contributed by atoms with Crippen LogP contribution < -0.4 is 5.32 Å². The van der Waals surface area contributed by atoms with E-state index in [9.17, 15) is 0 Å². The summed E-state index contributed by atoms with van der Waals surface area (Å²) in [5.74, 6) is 0. The van der Waals surface area contributed by atoms with Gasteiger partial charge in [-0.3, -0.25) is 4.90 Å². The molecule has 2 aliphatic heterocycles. The Hall–Kier alpha value is -0.500. The number of likely N-dealkylation sites (tertiary alicyclic amines) is 1. The number of hydrogen-bond acceptors (Lipinski definition) is 2. The second kappa shape index (κ2) is 2.62. The molecular formula is C8H14N2. The molecule has 0 saturated carbocycles. The highest BCUT2D eigenvalue weighted by Gasteiger charge is 2.20. The van der Waals surface area contributed by atoms with Crippen LogP contribution in [0.3, 0.4) is 0 Å². The SMILES string of the molecule is C1=CC(N2CCCC2)CN1. The highest BCUT2D eigenvalue weighted by Crippen LogP contribution is 2.13. The van der Waals surface area contributed by atoms with E-state index < -0.39 is 0 Å². The zero-order valence-corrected chi connectivity index (χ0v) is 6.21. The van der Waals surface area contributed by atoms with Crippen molar-refractivity contribution in [3.8, 4) is 0 Å². The molecule has 0 aromatic carbocycles. The first-order chi connectivity index (χ1) is 4.97. The van der Waals surface area contributed by atoms with Crippen LogP contribution in [0.25, 0.3) is 0 Å². The molecule has 0 aromatic heterocycles. The lowest BCUT2D eigenvalue weighted by molar-refractivity contribution is 0.291. The molecular weight excluding hydrogens is 124 g/mol. The molecule has 0 amide bonds. The molecule has 10 heavy (non-hydrogen) atoms. The Morgan fingerprint density at radius 2 is 2.10 bits per heavy atom. The van der Waals surface area contributed by atoms with Crippen molar-refractivity contribution in [3.05, 3.63) is 12.3 Å². The summed E-state index contributed by atoms with van der Waals surface area (Å²) in [7, 11) is 0. The fourth-order valence-electron chi connectivity index (χ4n) is 1.76. The second-order valence-electron chi connectivity index (χ2n) is 3.08. The van der Waals surface area contributed by atoms with Crippen LogP contribution in [-0.4, -0.2) is 30.6 Å². The molecule has 2 aliphatic rings. The fraction of sp³-hybridized carbons (Fsp3) is 0.750. The van der Waals surface area contributed by atoms with Gasteiger partial charge >= 0.3 is 0 Å². The molecule has 0 spiro atoms. The summed E-state index contributed by atoms with van der Waals surface area (Å²) >= 11 is 0. The third-order valence-corrected chi connectivity index (χ3v) is 2.37. The lowest BCUT2D eigenvalue weighted by atomic mass is 10.3. The summed E-state index contributed by atoms with van der Waals surface area (Å²) < 4.78 is 0. The molecule has 2 rings (SSSR count). The Labute approximate surface area is 61.9 Å². The van der Waals surface area contributed by atoms with Gasteiger partial charge in [0, 0.05) is 12.6 Å². The van der Waals surface area contributed by atoms with Crippen LogP contribution in [0.5, 0.6) is 0 Å². The smallest absolute Gasteiger partial charge is 0.0467 e. The number of hydrogen-bond donors (Lipinski definition) is 1. The van der Waals surface area contributed by atoms with Gasteiger partial charge in [-0.1, -0.05) is 0 Å². The average molecular weight is 138 g/mol. The van der Waals surface area contributed by atoms with E-state index in [0.29, 0.717) is 6.04 Å². The second-order valence-corrected chi connectivity index (χ2v) is 3.08. The van der Waals surface area contributed by atoms with E-state index >= 15 is 0 Å². The molecule has 0 aliphatic carbocycles. The molecule has 0 aromatic rings. The van der Waals surface area contributed by atoms with Gasteiger partial charge in [0.2, 0.25) is 0 Å².